The lowest BCUT2D eigenvalue weighted by atomic mass is 9.78. The molecule has 3 N–H and O–H groups in total. The molecule has 0 aromatic carbocycles. The fraction of sp³-hybridized carbons (Fsp3) is 0.923. The third-order valence-electron chi connectivity index (χ3n) is 3.51. The van der Waals surface area contributed by atoms with Crippen LogP contribution in [0.3, 0.4) is 0 Å². The van der Waals surface area contributed by atoms with Gasteiger partial charge in [-0.2, -0.15) is 0 Å². The number of hydrogen-bond acceptors (Lipinski definition) is 2. The second-order valence-electron chi connectivity index (χ2n) is 5.90. The predicted molar refractivity (Wildman–Crippen MR) is 67.0 cm³/mol. The van der Waals surface area contributed by atoms with Crippen molar-refractivity contribution in [3.8, 4) is 0 Å². The van der Waals surface area contributed by atoms with E-state index < -0.39 is 0 Å². The fourth-order valence-electron chi connectivity index (χ4n) is 2.41. The molecule has 0 spiro atoms. The number of rotatable bonds is 6. The highest BCUT2D eigenvalue weighted by molar-refractivity contribution is 5.77. The van der Waals surface area contributed by atoms with E-state index in [1.54, 1.807) is 0 Å². The zero-order valence-electron chi connectivity index (χ0n) is 10.9. The largest absolute Gasteiger partial charge is 0.351 e. The van der Waals surface area contributed by atoms with E-state index in [0.29, 0.717) is 24.8 Å². The SMILES string of the molecule is CC(C)CC(CN)CC(=O)NC1(C)CCC1. The molecular weight excluding hydrogens is 200 g/mol. The number of carbonyl (C=O) groups excluding carboxylic acids is 1. The van der Waals surface area contributed by atoms with E-state index in [2.05, 4.69) is 26.1 Å². The predicted octanol–water partition coefficient (Wildman–Crippen LogP) is 2.06. The van der Waals surface area contributed by atoms with Crippen LogP contribution in [0, 0.1) is 11.8 Å². The van der Waals surface area contributed by atoms with Gasteiger partial charge in [0.05, 0.1) is 0 Å². The lowest BCUT2D eigenvalue weighted by Gasteiger charge is -2.39. The molecule has 1 fully saturated rings. The van der Waals surface area contributed by atoms with E-state index in [1.165, 1.54) is 6.42 Å². The van der Waals surface area contributed by atoms with Crippen LogP contribution in [-0.2, 0) is 4.79 Å². The average molecular weight is 226 g/mol. The summed E-state index contributed by atoms with van der Waals surface area (Å²) in [5, 5.41) is 3.14. The second kappa shape index (κ2) is 5.67. The van der Waals surface area contributed by atoms with Gasteiger partial charge in [-0.3, -0.25) is 4.79 Å². The Morgan fingerprint density at radius 1 is 1.44 bits per heavy atom. The smallest absolute Gasteiger partial charge is 0.220 e. The number of hydrogen-bond donors (Lipinski definition) is 2. The van der Waals surface area contributed by atoms with Gasteiger partial charge in [0.25, 0.3) is 0 Å². The lowest BCUT2D eigenvalue weighted by Crippen LogP contribution is -2.51. The first-order valence-corrected chi connectivity index (χ1v) is 6.46. The molecule has 1 aliphatic carbocycles. The van der Waals surface area contributed by atoms with Crippen LogP contribution in [0.15, 0.2) is 0 Å². The Morgan fingerprint density at radius 2 is 2.06 bits per heavy atom. The van der Waals surface area contributed by atoms with Gasteiger partial charge in [0.2, 0.25) is 5.91 Å². The minimum atomic E-state index is 0.0774. The summed E-state index contributed by atoms with van der Waals surface area (Å²) in [5.74, 6) is 1.13. The summed E-state index contributed by atoms with van der Waals surface area (Å²) >= 11 is 0. The van der Waals surface area contributed by atoms with Crippen LogP contribution in [0.25, 0.3) is 0 Å². The quantitative estimate of drug-likeness (QED) is 0.728. The molecular formula is C13H26N2O. The highest BCUT2D eigenvalue weighted by Gasteiger charge is 2.33. The summed E-state index contributed by atoms with van der Waals surface area (Å²) in [5.41, 5.74) is 5.78. The maximum atomic E-state index is 11.8. The maximum Gasteiger partial charge on any atom is 0.220 e. The minimum absolute atomic E-state index is 0.0774. The van der Waals surface area contributed by atoms with Gasteiger partial charge in [-0.15, -0.1) is 0 Å². The first-order valence-electron chi connectivity index (χ1n) is 6.46. The van der Waals surface area contributed by atoms with Gasteiger partial charge >= 0.3 is 0 Å². The molecule has 16 heavy (non-hydrogen) atoms. The Morgan fingerprint density at radius 3 is 2.44 bits per heavy atom. The highest BCUT2D eigenvalue weighted by Crippen LogP contribution is 2.31. The van der Waals surface area contributed by atoms with Gasteiger partial charge in [-0.05, 0) is 51.0 Å². The first kappa shape index (κ1) is 13.5. The minimum Gasteiger partial charge on any atom is -0.351 e. The molecule has 0 radical (unpaired) electrons. The molecule has 1 rings (SSSR count). The zero-order valence-corrected chi connectivity index (χ0v) is 10.9. The van der Waals surface area contributed by atoms with Gasteiger partial charge in [0.1, 0.15) is 0 Å². The normalized spacial score (nSPS) is 20.3. The van der Waals surface area contributed by atoms with Crippen molar-refractivity contribution >= 4 is 5.91 Å². The zero-order chi connectivity index (χ0) is 12.2. The second-order valence-corrected chi connectivity index (χ2v) is 5.90. The molecule has 0 aromatic heterocycles. The monoisotopic (exact) mass is 226 g/mol. The van der Waals surface area contributed by atoms with Crippen LogP contribution < -0.4 is 11.1 Å². The molecule has 1 amide bonds. The van der Waals surface area contributed by atoms with E-state index in [9.17, 15) is 4.79 Å². The van der Waals surface area contributed by atoms with Crippen molar-refractivity contribution in [1.29, 1.82) is 0 Å². The van der Waals surface area contributed by atoms with Crippen molar-refractivity contribution in [1.82, 2.24) is 5.32 Å². The number of carbonyl (C=O) groups is 1. The Balaban J connectivity index is 2.31. The Hall–Kier alpha value is -0.570. The van der Waals surface area contributed by atoms with E-state index in [1.807, 2.05) is 0 Å². The molecule has 1 unspecified atom stereocenters. The molecule has 0 aromatic rings. The standard InChI is InChI=1S/C13H26N2O/c1-10(2)7-11(9-14)8-12(16)15-13(3)5-4-6-13/h10-11H,4-9,14H2,1-3H3,(H,15,16). The third-order valence-corrected chi connectivity index (χ3v) is 3.51. The summed E-state index contributed by atoms with van der Waals surface area (Å²) in [6.45, 7) is 7.10. The molecule has 1 saturated carbocycles. The molecule has 0 bridgehead atoms. The van der Waals surface area contributed by atoms with Crippen LogP contribution in [0.4, 0.5) is 0 Å². The fourth-order valence-corrected chi connectivity index (χ4v) is 2.41. The van der Waals surface area contributed by atoms with Crippen molar-refractivity contribution in [2.24, 2.45) is 17.6 Å². The molecule has 1 aliphatic rings. The van der Waals surface area contributed by atoms with Crippen LogP contribution in [-0.4, -0.2) is 18.0 Å². The van der Waals surface area contributed by atoms with E-state index in [0.717, 1.165) is 19.3 Å². The summed E-state index contributed by atoms with van der Waals surface area (Å²) in [6, 6.07) is 0. The highest BCUT2D eigenvalue weighted by atomic mass is 16.1. The molecule has 0 aliphatic heterocycles. The molecule has 3 nitrogen and oxygen atoms in total. The Kier molecular flexibility index (Phi) is 4.78. The van der Waals surface area contributed by atoms with Crippen molar-refractivity contribution in [2.75, 3.05) is 6.54 Å². The van der Waals surface area contributed by atoms with Crippen LogP contribution in [0.5, 0.6) is 0 Å². The third kappa shape index (κ3) is 4.12. The summed E-state index contributed by atoms with van der Waals surface area (Å²) in [4.78, 5) is 11.8. The molecule has 3 heteroatoms. The van der Waals surface area contributed by atoms with Crippen molar-refractivity contribution in [2.45, 2.75) is 58.4 Å². The lowest BCUT2D eigenvalue weighted by molar-refractivity contribution is -0.124. The van der Waals surface area contributed by atoms with Crippen LogP contribution >= 0.6 is 0 Å². The van der Waals surface area contributed by atoms with Crippen molar-refractivity contribution in [3.63, 3.8) is 0 Å². The first-order chi connectivity index (χ1) is 7.45. The van der Waals surface area contributed by atoms with Crippen LogP contribution in [0.1, 0.15) is 52.9 Å². The summed E-state index contributed by atoms with van der Waals surface area (Å²) < 4.78 is 0. The van der Waals surface area contributed by atoms with Gasteiger partial charge in [-0.1, -0.05) is 13.8 Å². The molecule has 1 atom stereocenters. The summed E-state index contributed by atoms with van der Waals surface area (Å²) in [6.07, 6.45) is 5.11. The van der Waals surface area contributed by atoms with Gasteiger partial charge < -0.3 is 11.1 Å². The summed E-state index contributed by atoms with van der Waals surface area (Å²) in [7, 11) is 0. The van der Waals surface area contributed by atoms with Gasteiger partial charge in [0, 0.05) is 12.0 Å². The Bertz CT molecular complexity index is 234. The van der Waals surface area contributed by atoms with Crippen molar-refractivity contribution in [3.05, 3.63) is 0 Å². The molecule has 0 heterocycles. The van der Waals surface area contributed by atoms with E-state index in [4.69, 9.17) is 5.73 Å². The number of amides is 1. The number of nitrogens with two attached hydrogens (primary N) is 1. The van der Waals surface area contributed by atoms with Gasteiger partial charge in [0.15, 0.2) is 0 Å². The average Bonchev–Trinajstić information content (AvgIpc) is 2.13. The molecule has 94 valence electrons. The van der Waals surface area contributed by atoms with E-state index in [-0.39, 0.29) is 11.4 Å². The number of nitrogens with one attached hydrogen (secondary N) is 1. The maximum absolute atomic E-state index is 11.8. The van der Waals surface area contributed by atoms with E-state index >= 15 is 0 Å². The van der Waals surface area contributed by atoms with Gasteiger partial charge in [-0.25, -0.2) is 0 Å². The van der Waals surface area contributed by atoms with Crippen LogP contribution in [0.2, 0.25) is 0 Å². The van der Waals surface area contributed by atoms with Crippen molar-refractivity contribution < 1.29 is 4.79 Å². The molecule has 0 saturated heterocycles. The topological polar surface area (TPSA) is 55.1 Å². The Labute approximate surface area is 99.2 Å².